The minimum Gasteiger partial charge on any atom is -0.478 e. The van der Waals surface area contributed by atoms with Gasteiger partial charge in [-0.15, -0.1) is 0 Å². The highest BCUT2D eigenvalue weighted by molar-refractivity contribution is 7.89. The molecular formula is C11H15NO4S. The summed E-state index contributed by atoms with van der Waals surface area (Å²) in [6, 6.07) is 2.66. The molecule has 6 heteroatoms. The van der Waals surface area contributed by atoms with Crippen LogP contribution in [-0.4, -0.2) is 37.9 Å². The Morgan fingerprint density at radius 1 is 1.24 bits per heavy atom. The van der Waals surface area contributed by atoms with Crippen molar-refractivity contribution in [3.63, 3.8) is 0 Å². The summed E-state index contributed by atoms with van der Waals surface area (Å²) in [5.74, 6) is -1.14. The van der Waals surface area contributed by atoms with E-state index in [0.717, 1.165) is 4.31 Å². The quantitative estimate of drug-likeness (QED) is 0.884. The number of carboxylic acids is 1. The molecule has 0 saturated heterocycles. The van der Waals surface area contributed by atoms with Crippen molar-refractivity contribution in [3.05, 3.63) is 28.8 Å². The summed E-state index contributed by atoms with van der Waals surface area (Å²) in [4.78, 5) is 10.9. The summed E-state index contributed by atoms with van der Waals surface area (Å²) >= 11 is 0. The van der Waals surface area contributed by atoms with Crippen LogP contribution in [0, 0.1) is 13.8 Å². The number of carboxylic acid groups (broad SMARTS) is 1. The second kappa shape index (κ2) is 4.46. The van der Waals surface area contributed by atoms with Gasteiger partial charge in [0.05, 0.1) is 10.5 Å². The third-order valence-corrected chi connectivity index (χ3v) is 4.57. The molecule has 0 saturated carbocycles. The van der Waals surface area contributed by atoms with Crippen LogP contribution >= 0.6 is 0 Å². The van der Waals surface area contributed by atoms with Crippen LogP contribution in [0.1, 0.15) is 21.5 Å². The first-order valence-corrected chi connectivity index (χ1v) is 6.39. The number of benzene rings is 1. The van der Waals surface area contributed by atoms with Gasteiger partial charge in [-0.3, -0.25) is 0 Å². The van der Waals surface area contributed by atoms with E-state index in [1.807, 2.05) is 0 Å². The molecule has 0 bridgehead atoms. The molecule has 1 rings (SSSR count). The number of rotatable bonds is 3. The van der Waals surface area contributed by atoms with Crippen molar-refractivity contribution >= 4 is 16.0 Å². The van der Waals surface area contributed by atoms with E-state index in [1.165, 1.54) is 26.2 Å². The third-order valence-electron chi connectivity index (χ3n) is 2.63. The lowest BCUT2D eigenvalue weighted by Crippen LogP contribution is -2.23. The molecule has 17 heavy (non-hydrogen) atoms. The zero-order valence-electron chi connectivity index (χ0n) is 10.2. The van der Waals surface area contributed by atoms with Crippen molar-refractivity contribution < 1.29 is 18.3 Å². The van der Waals surface area contributed by atoms with Crippen LogP contribution in [0.5, 0.6) is 0 Å². The van der Waals surface area contributed by atoms with Crippen molar-refractivity contribution in [3.8, 4) is 0 Å². The van der Waals surface area contributed by atoms with Gasteiger partial charge in [0.2, 0.25) is 10.0 Å². The van der Waals surface area contributed by atoms with Crippen LogP contribution in [-0.2, 0) is 10.0 Å². The number of aryl methyl sites for hydroxylation is 1. The number of sulfonamides is 1. The number of aromatic carboxylic acids is 1. The Balaban J connectivity index is 3.60. The molecule has 0 aliphatic heterocycles. The first kappa shape index (κ1) is 13.7. The highest BCUT2D eigenvalue weighted by Gasteiger charge is 2.22. The van der Waals surface area contributed by atoms with E-state index in [1.54, 1.807) is 13.8 Å². The molecular weight excluding hydrogens is 242 g/mol. The van der Waals surface area contributed by atoms with Gasteiger partial charge >= 0.3 is 5.97 Å². The van der Waals surface area contributed by atoms with E-state index in [0.29, 0.717) is 11.1 Å². The molecule has 0 radical (unpaired) electrons. The summed E-state index contributed by atoms with van der Waals surface area (Å²) in [5.41, 5.74) is 1.20. The smallest absolute Gasteiger partial charge is 0.335 e. The normalized spacial score (nSPS) is 11.8. The summed E-state index contributed by atoms with van der Waals surface area (Å²) < 4.78 is 25.1. The maximum atomic E-state index is 12.0. The minimum absolute atomic E-state index is 0.0199. The molecule has 94 valence electrons. The largest absolute Gasteiger partial charge is 0.478 e. The Kier molecular flexibility index (Phi) is 3.59. The van der Waals surface area contributed by atoms with Crippen LogP contribution in [0.25, 0.3) is 0 Å². The second-order valence-electron chi connectivity index (χ2n) is 4.01. The zero-order chi connectivity index (χ0) is 13.4. The number of nitrogens with zero attached hydrogens (tertiary/aromatic N) is 1. The zero-order valence-corrected chi connectivity index (χ0v) is 11.0. The topological polar surface area (TPSA) is 74.7 Å². The van der Waals surface area contributed by atoms with Gasteiger partial charge in [-0.05, 0) is 37.1 Å². The van der Waals surface area contributed by atoms with Gasteiger partial charge in [-0.1, -0.05) is 0 Å². The van der Waals surface area contributed by atoms with Crippen LogP contribution in [0.2, 0.25) is 0 Å². The van der Waals surface area contributed by atoms with E-state index < -0.39 is 16.0 Å². The van der Waals surface area contributed by atoms with Gasteiger partial charge in [0.1, 0.15) is 0 Å². The van der Waals surface area contributed by atoms with Gasteiger partial charge < -0.3 is 5.11 Å². The average molecular weight is 257 g/mol. The standard InChI is InChI=1S/C11H15NO4S/c1-7-5-9(11(13)14)6-10(8(7)2)17(15,16)12(3)4/h5-6H,1-4H3,(H,13,14). The molecule has 0 aromatic heterocycles. The predicted octanol–water partition coefficient (Wildman–Crippen LogP) is 1.25. The SMILES string of the molecule is Cc1cc(C(=O)O)cc(S(=O)(=O)N(C)C)c1C. The molecule has 0 heterocycles. The van der Waals surface area contributed by atoms with Crippen molar-refractivity contribution in [2.45, 2.75) is 18.7 Å². The minimum atomic E-state index is -3.62. The van der Waals surface area contributed by atoms with E-state index in [-0.39, 0.29) is 10.5 Å². The van der Waals surface area contributed by atoms with Gasteiger partial charge in [-0.25, -0.2) is 17.5 Å². The molecule has 0 atom stereocenters. The van der Waals surface area contributed by atoms with E-state index in [4.69, 9.17) is 5.11 Å². The fraction of sp³-hybridized carbons (Fsp3) is 0.364. The fourth-order valence-electron chi connectivity index (χ4n) is 1.42. The Bertz CT molecular complexity index is 561. The van der Waals surface area contributed by atoms with E-state index >= 15 is 0 Å². The molecule has 5 nitrogen and oxygen atoms in total. The molecule has 0 spiro atoms. The summed E-state index contributed by atoms with van der Waals surface area (Å²) in [7, 11) is -0.788. The van der Waals surface area contributed by atoms with Crippen molar-refractivity contribution in [2.24, 2.45) is 0 Å². The Morgan fingerprint density at radius 2 is 1.76 bits per heavy atom. The van der Waals surface area contributed by atoms with Gasteiger partial charge in [0, 0.05) is 14.1 Å². The monoisotopic (exact) mass is 257 g/mol. The number of hydrogen-bond acceptors (Lipinski definition) is 3. The van der Waals surface area contributed by atoms with Gasteiger partial charge in [0.25, 0.3) is 0 Å². The molecule has 1 aromatic rings. The Hall–Kier alpha value is -1.40. The molecule has 0 aliphatic carbocycles. The summed E-state index contributed by atoms with van der Waals surface area (Å²) in [6.45, 7) is 3.35. The number of hydrogen-bond donors (Lipinski definition) is 1. The Labute approximate surface area is 101 Å². The highest BCUT2D eigenvalue weighted by atomic mass is 32.2. The molecule has 0 aliphatic rings. The average Bonchev–Trinajstić information content (AvgIpc) is 2.20. The summed E-state index contributed by atoms with van der Waals surface area (Å²) in [5, 5.41) is 8.92. The lowest BCUT2D eigenvalue weighted by Gasteiger charge is -2.15. The van der Waals surface area contributed by atoms with Crippen LogP contribution in [0.3, 0.4) is 0 Å². The van der Waals surface area contributed by atoms with Crippen LogP contribution in [0.4, 0.5) is 0 Å². The van der Waals surface area contributed by atoms with Crippen molar-refractivity contribution in [1.29, 1.82) is 0 Å². The van der Waals surface area contributed by atoms with Gasteiger partial charge in [0.15, 0.2) is 0 Å². The molecule has 1 N–H and O–H groups in total. The van der Waals surface area contributed by atoms with Crippen LogP contribution in [0.15, 0.2) is 17.0 Å². The fourth-order valence-corrected chi connectivity index (χ4v) is 2.63. The van der Waals surface area contributed by atoms with E-state index in [2.05, 4.69) is 0 Å². The maximum absolute atomic E-state index is 12.0. The lowest BCUT2D eigenvalue weighted by molar-refractivity contribution is 0.0696. The maximum Gasteiger partial charge on any atom is 0.335 e. The second-order valence-corrected chi connectivity index (χ2v) is 6.13. The third kappa shape index (κ3) is 2.48. The van der Waals surface area contributed by atoms with Crippen LogP contribution < -0.4 is 0 Å². The molecule has 1 aromatic carbocycles. The number of carbonyl (C=O) groups is 1. The van der Waals surface area contributed by atoms with E-state index in [9.17, 15) is 13.2 Å². The summed E-state index contributed by atoms with van der Waals surface area (Å²) in [6.07, 6.45) is 0. The lowest BCUT2D eigenvalue weighted by atomic mass is 10.1. The van der Waals surface area contributed by atoms with Gasteiger partial charge in [-0.2, -0.15) is 0 Å². The Morgan fingerprint density at radius 3 is 2.18 bits per heavy atom. The van der Waals surface area contributed by atoms with Crippen molar-refractivity contribution in [2.75, 3.05) is 14.1 Å². The highest BCUT2D eigenvalue weighted by Crippen LogP contribution is 2.23. The predicted molar refractivity (Wildman–Crippen MR) is 63.7 cm³/mol. The molecule has 0 unspecified atom stereocenters. The van der Waals surface area contributed by atoms with Crippen molar-refractivity contribution in [1.82, 2.24) is 4.31 Å². The first-order chi connectivity index (χ1) is 7.67. The first-order valence-electron chi connectivity index (χ1n) is 4.95. The molecule has 0 amide bonds. The molecule has 0 fully saturated rings.